The molecular weight excluding hydrogens is 587 g/mol. The van der Waals surface area contributed by atoms with Crippen LogP contribution in [0.5, 0.6) is 0 Å². The van der Waals surface area contributed by atoms with Crippen molar-refractivity contribution in [2.75, 3.05) is 0 Å². The van der Waals surface area contributed by atoms with Crippen LogP contribution in [0, 0.1) is 0 Å². The maximum atomic E-state index is 2.62. The van der Waals surface area contributed by atoms with Crippen LogP contribution in [0.2, 0.25) is 14.8 Å². The van der Waals surface area contributed by atoms with E-state index in [0.717, 1.165) is 0 Å². The van der Waals surface area contributed by atoms with Gasteiger partial charge < -0.3 is 0 Å². The van der Waals surface area contributed by atoms with Crippen LogP contribution in [0.25, 0.3) is 22.3 Å². The molecule has 0 heterocycles. The first-order valence-corrected chi connectivity index (χ1v) is 26.0. The van der Waals surface area contributed by atoms with Crippen LogP contribution in [-0.2, 0) is 0 Å². The average molecular weight is 646 g/mol. The SMILES string of the molecule is CC(C)c1cc(C(C)C)c(-c2cccc(-c3c(C(C)C)cc(C(C)C)cc3C(C)C)[c]2[Sn]([CH3])([CH3])[CH3])c(C(C)C)c1. The van der Waals surface area contributed by atoms with E-state index in [-0.39, 0.29) is 0 Å². The zero-order valence-electron chi connectivity index (χ0n) is 28.5. The summed E-state index contributed by atoms with van der Waals surface area (Å²) in [5.74, 6) is 2.94. The van der Waals surface area contributed by atoms with Gasteiger partial charge in [-0.25, -0.2) is 0 Å². The summed E-state index contributed by atoms with van der Waals surface area (Å²) in [5.41, 5.74) is 15.1. The Morgan fingerprint density at radius 2 is 0.700 bits per heavy atom. The average Bonchev–Trinajstić information content (AvgIpc) is 2.85. The van der Waals surface area contributed by atoms with E-state index >= 15 is 0 Å². The molecule has 3 aromatic rings. The minimum absolute atomic E-state index is 0.473. The summed E-state index contributed by atoms with van der Waals surface area (Å²) in [6.45, 7) is 28.4. The second-order valence-electron chi connectivity index (χ2n) is 15.1. The minimum atomic E-state index is -2.69. The number of hydrogen-bond donors (Lipinski definition) is 0. The molecule has 0 spiro atoms. The Kier molecular flexibility index (Phi) is 10.5. The van der Waals surface area contributed by atoms with Gasteiger partial charge in [0.25, 0.3) is 0 Å². The van der Waals surface area contributed by atoms with Crippen molar-refractivity contribution in [3.63, 3.8) is 0 Å². The van der Waals surface area contributed by atoms with Gasteiger partial charge in [-0.3, -0.25) is 0 Å². The maximum absolute atomic E-state index is 2.69. The van der Waals surface area contributed by atoms with Gasteiger partial charge >= 0.3 is 253 Å². The predicted molar refractivity (Wildman–Crippen MR) is 185 cm³/mol. The van der Waals surface area contributed by atoms with Crippen LogP contribution >= 0.6 is 0 Å². The molecule has 0 saturated carbocycles. The first-order chi connectivity index (χ1) is 18.5. The second-order valence-corrected chi connectivity index (χ2v) is 29.3. The van der Waals surface area contributed by atoms with E-state index in [1.165, 1.54) is 55.6 Å². The van der Waals surface area contributed by atoms with Gasteiger partial charge in [0, 0.05) is 0 Å². The summed E-state index contributed by atoms with van der Waals surface area (Å²) in [5, 5.41) is 0. The Labute approximate surface area is 252 Å². The first kappa shape index (κ1) is 33.0. The Hall–Kier alpha value is -1.54. The Morgan fingerprint density at radius 3 is 0.900 bits per heavy atom. The molecule has 0 N–H and O–H groups in total. The molecule has 0 bridgehead atoms. The summed E-state index contributed by atoms with van der Waals surface area (Å²) in [7, 11) is 0. The van der Waals surface area contributed by atoms with Crippen molar-refractivity contribution in [2.24, 2.45) is 0 Å². The summed E-state index contributed by atoms with van der Waals surface area (Å²) in [6.07, 6.45) is 0. The van der Waals surface area contributed by atoms with Crippen molar-refractivity contribution in [1.82, 2.24) is 0 Å². The van der Waals surface area contributed by atoms with E-state index in [1.807, 2.05) is 0 Å². The van der Waals surface area contributed by atoms with Crippen molar-refractivity contribution in [3.8, 4) is 22.3 Å². The van der Waals surface area contributed by atoms with Crippen LogP contribution in [0.4, 0.5) is 0 Å². The molecule has 0 aliphatic rings. The van der Waals surface area contributed by atoms with E-state index < -0.39 is 18.4 Å². The Bertz CT molecular complexity index is 1170. The van der Waals surface area contributed by atoms with E-state index in [2.05, 4.69) is 140 Å². The molecule has 0 aliphatic carbocycles. The normalized spacial score (nSPS) is 12.7. The molecule has 0 atom stereocenters. The quantitative estimate of drug-likeness (QED) is 0.203. The summed E-state index contributed by atoms with van der Waals surface area (Å²) < 4.78 is 1.69. The van der Waals surface area contributed by atoms with Crippen molar-refractivity contribution in [2.45, 2.75) is 133 Å². The molecule has 0 aromatic heterocycles. The Balaban J connectivity index is 2.60. The first-order valence-electron chi connectivity index (χ1n) is 16.0. The number of rotatable bonds is 9. The van der Waals surface area contributed by atoms with Gasteiger partial charge in [-0.05, 0) is 0 Å². The van der Waals surface area contributed by atoms with E-state index in [1.54, 1.807) is 3.58 Å². The standard InChI is InChI=1S/C36H49.3CH3.Sn/c1-21(2)29-17-31(23(5)6)35(32(18-29)24(7)8)27-14-13-15-28(16-27)36-33(25(9)10)19-30(22(3)4)20-34(36)26(11)12;;;;/h13-15,17-26H,1-12H3;3*1H3;. The molecule has 1 heteroatoms. The van der Waals surface area contributed by atoms with Gasteiger partial charge in [0.1, 0.15) is 0 Å². The molecule has 0 nitrogen and oxygen atoms in total. The number of benzene rings is 3. The fourth-order valence-electron chi connectivity index (χ4n) is 6.31. The van der Waals surface area contributed by atoms with Crippen molar-refractivity contribution >= 4 is 22.0 Å². The molecule has 0 unspecified atom stereocenters. The zero-order chi connectivity index (χ0) is 30.3. The molecule has 0 fully saturated rings. The van der Waals surface area contributed by atoms with E-state index in [9.17, 15) is 0 Å². The van der Waals surface area contributed by atoms with Crippen molar-refractivity contribution < 1.29 is 0 Å². The molecule has 0 amide bonds. The zero-order valence-corrected chi connectivity index (χ0v) is 31.4. The van der Waals surface area contributed by atoms with Gasteiger partial charge in [0.2, 0.25) is 0 Å². The van der Waals surface area contributed by atoms with Crippen LogP contribution in [0.3, 0.4) is 0 Å². The van der Waals surface area contributed by atoms with Crippen molar-refractivity contribution in [3.05, 3.63) is 75.8 Å². The Morgan fingerprint density at radius 1 is 0.425 bits per heavy atom. The summed E-state index contributed by atoms with van der Waals surface area (Å²) in [6, 6.07) is 17.4. The summed E-state index contributed by atoms with van der Waals surface area (Å²) >= 11 is -2.69. The van der Waals surface area contributed by atoms with Crippen LogP contribution < -0.4 is 3.58 Å². The second kappa shape index (κ2) is 12.8. The third kappa shape index (κ3) is 6.74. The van der Waals surface area contributed by atoms with Crippen LogP contribution in [0.1, 0.15) is 152 Å². The monoisotopic (exact) mass is 646 g/mol. The summed E-state index contributed by atoms with van der Waals surface area (Å²) in [4.78, 5) is 7.86. The van der Waals surface area contributed by atoms with Gasteiger partial charge in [-0.1, -0.05) is 0 Å². The van der Waals surface area contributed by atoms with Gasteiger partial charge in [-0.2, -0.15) is 0 Å². The molecule has 0 radical (unpaired) electrons. The third-order valence-corrected chi connectivity index (χ3v) is 14.4. The fourth-order valence-corrected chi connectivity index (χ4v) is 12.1. The van der Waals surface area contributed by atoms with Crippen molar-refractivity contribution in [1.29, 1.82) is 0 Å². The van der Waals surface area contributed by atoms with Gasteiger partial charge in [0.15, 0.2) is 0 Å². The molecule has 0 aliphatic heterocycles. The van der Waals surface area contributed by atoms with Crippen LogP contribution in [-0.4, -0.2) is 18.4 Å². The molecule has 0 saturated heterocycles. The molecule has 40 heavy (non-hydrogen) atoms. The molecule has 3 rings (SSSR count). The van der Waals surface area contributed by atoms with E-state index in [4.69, 9.17) is 0 Å². The molecular formula is C39H58Sn. The predicted octanol–water partition coefficient (Wildman–Crippen LogP) is 12.3. The molecule has 218 valence electrons. The fraction of sp³-hybridized carbons (Fsp3) is 0.538. The topological polar surface area (TPSA) is 0 Å². The van der Waals surface area contributed by atoms with Gasteiger partial charge in [0.05, 0.1) is 0 Å². The van der Waals surface area contributed by atoms with E-state index in [0.29, 0.717) is 35.5 Å². The third-order valence-electron chi connectivity index (χ3n) is 8.62. The number of hydrogen-bond acceptors (Lipinski definition) is 0. The van der Waals surface area contributed by atoms with Gasteiger partial charge in [-0.15, -0.1) is 0 Å². The van der Waals surface area contributed by atoms with Crippen LogP contribution in [0.15, 0.2) is 42.5 Å². The molecule has 3 aromatic carbocycles.